The normalized spacial score (nSPS) is 14.7. The first-order chi connectivity index (χ1) is 45.2. The molecule has 94 heavy (non-hydrogen) atoms. The van der Waals surface area contributed by atoms with E-state index < -0.39 is 97.5 Å². The molecular weight excluding hydrogens is 1230 g/mol. The number of rotatable bonds is 72. The molecule has 7 atom stereocenters. The second-order valence-corrected chi connectivity index (χ2v) is 31.4. The zero-order valence-corrected chi connectivity index (χ0v) is 63.4. The Morgan fingerprint density at radius 1 is 0.298 bits per heavy atom. The van der Waals surface area contributed by atoms with Crippen molar-refractivity contribution in [1.82, 2.24) is 0 Å². The lowest BCUT2D eigenvalue weighted by molar-refractivity contribution is -0.161. The van der Waals surface area contributed by atoms with Crippen LogP contribution in [0, 0.1) is 23.7 Å². The van der Waals surface area contributed by atoms with Gasteiger partial charge < -0.3 is 33.8 Å². The van der Waals surface area contributed by atoms with Crippen molar-refractivity contribution in [2.75, 3.05) is 39.6 Å². The van der Waals surface area contributed by atoms with Gasteiger partial charge in [0.15, 0.2) is 12.2 Å². The van der Waals surface area contributed by atoms with E-state index in [2.05, 4.69) is 55.4 Å². The standard InChI is InChI=1S/C75H146O17P2/c1-9-67(7)53-45-37-28-24-19-17-15-13-11-12-14-16-18-20-25-29-39-47-55-72(77)85-61-71(92-75(80)58-50-42-33-31-36-44-52-66(5)6)64-90-94(83,84)88-60-69(76)59-87-93(81,82)89-63-70(62-86-73(78)56-48-40-34-32-38-46-54-68(8)10-2)91-74(79)57-49-41-30-26-22-21-23-27-35-43-51-65(3)4/h65-71,76H,9-64H2,1-8H3,(H,81,82)(H,83,84)/t67?,68?,69-,70+,71+/m0/s1. The Morgan fingerprint density at radius 2 is 0.511 bits per heavy atom. The zero-order chi connectivity index (χ0) is 69.6. The molecule has 0 saturated carbocycles. The Bertz CT molecular complexity index is 1850. The van der Waals surface area contributed by atoms with Gasteiger partial charge in [0.2, 0.25) is 0 Å². The van der Waals surface area contributed by atoms with Crippen molar-refractivity contribution in [3.8, 4) is 0 Å². The van der Waals surface area contributed by atoms with E-state index in [1.807, 2.05) is 0 Å². The van der Waals surface area contributed by atoms with Gasteiger partial charge in [0.25, 0.3) is 0 Å². The lowest BCUT2D eigenvalue weighted by atomic mass is 9.99. The summed E-state index contributed by atoms with van der Waals surface area (Å²) in [6.45, 7) is 14.1. The van der Waals surface area contributed by atoms with Gasteiger partial charge in [-0.15, -0.1) is 0 Å². The van der Waals surface area contributed by atoms with Crippen LogP contribution < -0.4 is 0 Å². The number of aliphatic hydroxyl groups excluding tert-OH is 1. The van der Waals surface area contributed by atoms with Gasteiger partial charge in [0.1, 0.15) is 19.3 Å². The first-order valence-corrected chi connectivity index (χ1v) is 41.8. The minimum absolute atomic E-state index is 0.102. The molecular formula is C75H146O17P2. The lowest BCUT2D eigenvalue weighted by Gasteiger charge is -2.21. The highest BCUT2D eigenvalue weighted by Gasteiger charge is 2.30. The predicted molar refractivity (Wildman–Crippen MR) is 381 cm³/mol. The highest BCUT2D eigenvalue weighted by atomic mass is 31.2. The van der Waals surface area contributed by atoms with E-state index >= 15 is 0 Å². The van der Waals surface area contributed by atoms with Gasteiger partial charge in [0, 0.05) is 25.7 Å². The van der Waals surface area contributed by atoms with Crippen LogP contribution in [0.3, 0.4) is 0 Å². The van der Waals surface area contributed by atoms with Crippen molar-refractivity contribution in [3.05, 3.63) is 0 Å². The molecule has 0 aromatic carbocycles. The summed E-state index contributed by atoms with van der Waals surface area (Å²) >= 11 is 0. The predicted octanol–water partition coefficient (Wildman–Crippen LogP) is 21.7. The molecule has 3 N–H and O–H groups in total. The van der Waals surface area contributed by atoms with Crippen molar-refractivity contribution in [2.45, 2.75) is 395 Å². The zero-order valence-electron chi connectivity index (χ0n) is 61.6. The first-order valence-electron chi connectivity index (χ1n) is 38.8. The van der Waals surface area contributed by atoms with Crippen LogP contribution >= 0.6 is 15.6 Å². The fourth-order valence-electron chi connectivity index (χ4n) is 11.3. The Kier molecular flexibility index (Phi) is 63.1. The van der Waals surface area contributed by atoms with Crippen LogP contribution in [0.25, 0.3) is 0 Å². The van der Waals surface area contributed by atoms with Gasteiger partial charge in [-0.1, -0.05) is 325 Å². The number of carbonyl (C=O) groups excluding carboxylic acids is 4. The van der Waals surface area contributed by atoms with Crippen LogP contribution in [0.15, 0.2) is 0 Å². The number of hydrogen-bond acceptors (Lipinski definition) is 15. The van der Waals surface area contributed by atoms with Crippen molar-refractivity contribution in [3.63, 3.8) is 0 Å². The summed E-state index contributed by atoms with van der Waals surface area (Å²) in [7, 11) is -9.91. The van der Waals surface area contributed by atoms with Crippen LogP contribution in [0.4, 0.5) is 0 Å². The topological polar surface area (TPSA) is 237 Å². The average Bonchev–Trinajstić information content (AvgIpc) is 1.56. The molecule has 0 rings (SSSR count). The SMILES string of the molecule is CCC(C)CCCCCCCCCCCCCCCCCCCCC(=O)OC[C@H](COP(=O)(O)OC[C@@H](O)COP(=O)(O)OC[C@@H](COC(=O)CCCCCCCCC(C)CC)OC(=O)CCCCCCCCCCCCC(C)C)OC(=O)CCCCCCCCC(C)C. The summed E-state index contributed by atoms with van der Waals surface area (Å²) in [5.74, 6) is 0.896. The van der Waals surface area contributed by atoms with Crippen LogP contribution in [0.2, 0.25) is 0 Å². The molecule has 0 saturated heterocycles. The van der Waals surface area contributed by atoms with Gasteiger partial charge in [-0.05, 0) is 49.4 Å². The van der Waals surface area contributed by atoms with Gasteiger partial charge in [-0.3, -0.25) is 37.3 Å². The van der Waals surface area contributed by atoms with E-state index in [1.165, 1.54) is 173 Å². The molecule has 17 nitrogen and oxygen atoms in total. The van der Waals surface area contributed by atoms with Crippen LogP contribution in [0.1, 0.15) is 376 Å². The summed E-state index contributed by atoms with van der Waals surface area (Å²) in [6.07, 6.45) is 48.9. The molecule has 0 heterocycles. The summed E-state index contributed by atoms with van der Waals surface area (Å²) in [5, 5.41) is 10.6. The summed E-state index contributed by atoms with van der Waals surface area (Å²) in [5.41, 5.74) is 0. The van der Waals surface area contributed by atoms with Crippen molar-refractivity contribution >= 4 is 39.5 Å². The Labute approximate surface area is 575 Å². The molecule has 0 spiro atoms. The fourth-order valence-corrected chi connectivity index (χ4v) is 12.9. The van der Waals surface area contributed by atoms with Gasteiger partial charge in [-0.2, -0.15) is 0 Å². The molecule has 0 aromatic rings. The third kappa shape index (κ3) is 66.0. The molecule has 0 aromatic heterocycles. The molecule has 0 amide bonds. The maximum absolute atomic E-state index is 13.0. The third-order valence-corrected chi connectivity index (χ3v) is 19.9. The maximum Gasteiger partial charge on any atom is 0.472 e. The Morgan fingerprint density at radius 3 is 0.755 bits per heavy atom. The lowest BCUT2D eigenvalue weighted by Crippen LogP contribution is -2.30. The van der Waals surface area contributed by atoms with E-state index in [0.717, 1.165) is 114 Å². The van der Waals surface area contributed by atoms with E-state index in [9.17, 15) is 43.2 Å². The van der Waals surface area contributed by atoms with Crippen molar-refractivity contribution in [2.24, 2.45) is 23.7 Å². The second kappa shape index (κ2) is 64.4. The Balaban J connectivity index is 5.11. The van der Waals surface area contributed by atoms with E-state index in [-0.39, 0.29) is 25.7 Å². The van der Waals surface area contributed by atoms with Crippen molar-refractivity contribution < 1.29 is 80.2 Å². The number of hydrogen-bond donors (Lipinski definition) is 3. The molecule has 0 fully saturated rings. The Hall–Kier alpha value is -1.94. The molecule has 0 aliphatic carbocycles. The highest BCUT2D eigenvalue weighted by Crippen LogP contribution is 2.45. The largest absolute Gasteiger partial charge is 0.472 e. The molecule has 0 radical (unpaired) electrons. The highest BCUT2D eigenvalue weighted by molar-refractivity contribution is 7.47. The van der Waals surface area contributed by atoms with E-state index in [4.69, 9.17) is 37.0 Å². The van der Waals surface area contributed by atoms with E-state index in [1.54, 1.807) is 0 Å². The molecule has 0 aliphatic rings. The fraction of sp³-hybridized carbons (Fsp3) is 0.947. The van der Waals surface area contributed by atoms with Gasteiger partial charge in [0.05, 0.1) is 26.4 Å². The van der Waals surface area contributed by atoms with Crippen molar-refractivity contribution in [1.29, 1.82) is 0 Å². The number of aliphatic hydroxyl groups is 1. The van der Waals surface area contributed by atoms with Crippen LogP contribution in [-0.4, -0.2) is 96.7 Å². The van der Waals surface area contributed by atoms with Crippen LogP contribution in [-0.2, 0) is 65.4 Å². The molecule has 0 bridgehead atoms. The van der Waals surface area contributed by atoms with Gasteiger partial charge in [-0.25, -0.2) is 9.13 Å². The monoisotopic (exact) mass is 1380 g/mol. The number of phosphoric acid groups is 2. The molecule has 4 unspecified atom stereocenters. The number of unbranched alkanes of at least 4 members (excludes halogenated alkanes) is 36. The average molecular weight is 1380 g/mol. The van der Waals surface area contributed by atoms with Gasteiger partial charge >= 0.3 is 39.5 Å². The summed E-state index contributed by atoms with van der Waals surface area (Å²) in [6, 6.07) is 0. The molecule has 19 heteroatoms. The quantitative estimate of drug-likeness (QED) is 0.0222. The smallest absolute Gasteiger partial charge is 0.462 e. The summed E-state index contributed by atoms with van der Waals surface area (Å²) in [4.78, 5) is 72.6. The first kappa shape index (κ1) is 92.1. The minimum Gasteiger partial charge on any atom is -0.462 e. The number of carbonyl (C=O) groups is 4. The number of phosphoric ester groups is 2. The second-order valence-electron chi connectivity index (χ2n) is 28.5. The number of esters is 4. The third-order valence-electron chi connectivity index (χ3n) is 18.0. The maximum atomic E-state index is 13.0. The molecule has 0 aliphatic heterocycles. The summed E-state index contributed by atoms with van der Waals surface area (Å²) < 4.78 is 68.4. The van der Waals surface area contributed by atoms with Crippen LogP contribution in [0.5, 0.6) is 0 Å². The molecule has 558 valence electrons. The van der Waals surface area contributed by atoms with E-state index in [0.29, 0.717) is 31.6 Å². The number of ether oxygens (including phenoxy) is 4. The minimum atomic E-state index is -4.95.